The molecule has 0 aliphatic carbocycles. The average Bonchev–Trinajstić information content (AvgIpc) is 3.11. The van der Waals surface area contributed by atoms with E-state index in [2.05, 4.69) is 25.3 Å². The van der Waals surface area contributed by atoms with Gasteiger partial charge < -0.3 is 19.7 Å². The number of carbonyl (C=O) groups excluding carboxylic acids is 1. The molecular formula is C20H23N5O3. The van der Waals surface area contributed by atoms with Crippen LogP contribution in [0.4, 0.5) is 5.82 Å². The highest BCUT2D eigenvalue weighted by atomic mass is 16.5. The third kappa shape index (κ3) is 4.12. The Morgan fingerprint density at radius 3 is 2.86 bits per heavy atom. The lowest BCUT2D eigenvalue weighted by Gasteiger charge is -2.30. The quantitative estimate of drug-likeness (QED) is 0.701. The van der Waals surface area contributed by atoms with E-state index in [0.717, 1.165) is 38.0 Å². The van der Waals surface area contributed by atoms with E-state index in [1.807, 2.05) is 18.2 Å². The van der Waals surface area contributed by atoms with Crippen LogP contribution < -0.4 is 10.9 Å². The molecule has 3 heterocycles. The van der Waals surface area contributed by atoms with Gasteiger partial charge >= 0.3 is 0 Å². The Morgan fingerprint density at radius 2 is 2.11 bits per heavy atom. The van der Waals surface area contributed by atoms with E-state index < -0.39 is 0 Å². The van der Waals surface area contributed by atoms with Crippen LogP contribution in [-0.2, 0) is 11.2 Å². The second kappa shape index (κ2) is 7.93. The van der Waals surface area contributed by atoms with E-state index >= 15 is 0 Å². The Hall–Kier alpha value is -3.00. The van der Waals surface area contributed by atoms with Crippen molar-refractivity contribution < 1.29 is 9.32 Å². The van der Waals surface area contributed by atoms with E-state index in [1.54, 1.807) is 19.1 Å². The maximum Gasteiger partial charge on any atom is 0.258 e. The molecule has 0 unspecified atom stereocenters. The highest BCUT2D eigenvalue weighted by Crippen LogP contribution is 2.19. The molecule has 8 heteroatoms. The van der Waals surface area contributed by atoms with Crippen molar-refractivity contribution in [2.45, 2.75) is 26.2 Å². The van der Waals surface area contributed by atoms with Crippen LogP contribution in [0.5, 0.6) is 0 Å². The fourth-order valence-corrected chi connectivity index (χ4v) is 3.59. The zero-order chi connectivity index (χ0) is 19.5. The van der Waals surface area contributed by atoms with Crippen LogP contribution in [0.25, 0.3) is 10.9 Å². The van der Waals surface area contributed by atoms with Gasteiger partial charge in [0.25, 0.3) is 5.56 Å². The Morgan fingerprint density at radius 1 is 1.32 bits per heavy atom. The molecule has 0 atom stereocenters. The van der Waals surface area contributed by atoms with Crippen molar-refractivity contribution in [1.82, 2.24) is 20.0 Å². The highest BCUT2D eigenvalue weighted by Gasteiger charge is 2.25. The third-order valence-electron chi connectivity index (χ3n) is 5.16. The predicted molar refractivity (Wildman–Crippen MR) is 105 cm³/mol. The van der Waals surface area contributed by atoms with Crippen LogP contribution >= 0.6 is 0 Å². The van der Waals surface area contributed by atoms with Crippen LogP contribution in [0.1, 0.15) is 24.4 Å². The molecule has 8 nitrogen and oxygen atoms in total. The summed E-state index contributed by atoms with van der Waals surface area (Å²) in [5.41, 5.74) is 0.624. The summed E-state index contributed by atoms with van der Waals surface area (Å²) in [5.74, 6) is 1.81. The number of benzene rings is 1. The fourth-order valence-electron chi connectivity index (χ4n) is 3.59. The molecule has 0 spiro atoms. The van der Waals surface area contributed by atoms with Crippen LogP contribution in [-0.4, -0.2) is 45.6 Å². The van der Waals surface area contributed by atoms with Gasteiger partial charge in [-0.05, 0) is 45.0 Å². The number of aromatic amines is 1. The topological polar surface area (TPSA) is 104 Å². The summed E-state index contributed by atoms with van der Waals surface area (Å²) in [6, 6.07) is 9.07. The second-order valence-corrected chi connectivity index (χ2v) is 7.21. The maximum atomic E-state index is 12.4. The molecule has 4 rings (SSSR count). The number of carbonyl (C=O) groups is 1. The van der Waals surface area contributed by atoms with Gasteiger partial charge in [-0.25, -0.2) is 4.98 Å². The maximum absolute atomic E-state index is 12.4. The van der Waals surface area contributed by atoms with E-state index in [0.29, 0.717) is 29.2 Å². The van der Waals surface area contributed by atoms with E-state index in [1.165, 1.54) is 0 Å². The van der Waals surface area contributed by atoms with Gasteiger partial charge in [0, 0.05) is 24.9 Å². The molecule has 3 aromatic rings. The lowest BCUT2D eigenvalue weighted by Crippen LogP contribution is -2.39. The molecule has 146 valence electrons. The number of fused-ring (bicyclic) bond motifs is 1. The third-order valence-corrected chi connectivity index (χ3v) is 5.16. The predicted octanol–water partition coefficient (Wildman–Crippen LogP) is 2.11. The lowest BCUT2D eigenvalue weighted by molar-refractivity contribution is -0.121. The minimum Gasteiger partial charge on any atom is -0.360 e. The molecular weight excluding hydrogens is 358 g/mol. The fraction of sp³-hybridized carbons (Fsp3) is 0.400. The van der Waals surface area contributed by atoms with Gasteiger partial charge in [-0.2, -0.15) is 0 Å². The number of aromatic nitrogens is 3. The standard InChI is InChI=1S/C20H23N5O3/c1-13-12-18(24-28-13)23-19(26)14-6-9-25(10-7-14)11-8-17-21-16-5-3-2-4-15(16)20(27)22-17/h2-5,12,14H,6-11H2,1H3,(H,21,22,27)(H,23,24,26). The highest BCUT2D eigenvalue weighted by molar-refractivity contribution is 5.91. The van der Waals surface area contributed by atoms with Crippen molar-refractivity contribution in [3.05, 3.63) is 52.3 Å². The van der Waals surface area contributed by atoms with Crippen molar-refractivity contribution in [1.29, 1.82) is 0 Å². The zero-order valence-electron chi connectivity index (χ0n) is 15.8. The van der Waals surface area contributed by atoms with Crippen molar-refractivity contribution in [2.24, 2.45) is 5.92 Å². The first kappa shape index (κ1) is 18.4. The van der Waals surface area contributed by atoms with Crippen LogP contribution in [0.3, 0.4) is 0 Å². The van der Waals surface area contributed by atoms with Gasteiger partial charge in [-0.3, -0.25) is 9.59 Å². The zero-order valence-corrected chi connectivity index (χ0v) is 15.8. The summed E-state index contributed by atoms with van der Waals surface area (Å²) >= 11 is 0. The number of nitrogens with one attached hydrogen (secondary N) is 2. The van der Waals surface area contributed by atoms with Crippen LogP contribution in [0, 0.1) is 12.8 Å². The molecule has 28 heavy (non-hydrogen) atoms. The monoisotopic (exact) mass is 381 g/mol. The molecule has 2 aromatic heterocycles. The van der Waals surface area contributed by atoms with Gasteiger partial charge in [-0.15, -0.1) is 0 Å². The smallest absolute Gasteiger partial charge is 0.258 e. The summed E-state index contributed by atoms with van der Waals surface area (Å²) in [4.78, 5) is 34.2. The SMILES string of the molecule is Cc1cc(NC(=O)C2CCN(CCc3nc4ccccc4c(=O)[nH]3)CC2)no1. The Labute approximate surface area is 161 Å². The number of para-hydroxylation sites is 1. The van der Waals surface area contributed by atoms with Crippen LogP contribution in [0.2, 0.25) is 0 Å². The van der Waals surface area contributed by atoms with Gasteiger partial charge in [0.1, 0.15) is 11.6 Å². The first-order valence-corrected chi connectivity index (χ1v) is 9.53. The normalized spacial score (nSPS) is 15.8. The number of piperidine rings is 1. The second-order valence-electron chi connectivity index (χ2n) is 7.21. The van der Waals surface area contributed by atoms with Crippen molar-refractivity contribution in [3.63, 3.8) is 0 Å². The number of nitrogens with zero attached hydrogens (tertiary/aromatic N) is 3. The van der Waals surface area contributed by atoms with Crippen LogP contribution in [0.15, 0.2) is 39.6 Å². The van der Waals surface area contributed by atoms with Gasteiger partial charge in [0.2, 0.25) is 5.91 Å². The molecule has 2 N–H and O–H groups in total. The van der Waals surface area contributed by atoms with Gasteiger partial charge in [0.15, 0.2) is 5.82 Å². The molecule has 1 aromatic carbocycles. The molecule has 1 amide bonds. The van der Waals surface area contributed by atoms with Gasteiger partial charge in [-0.1, -0.05) is 17.3 Å². The van der Waals surface area contributed by atoms with Gasteiger partial charge in [0.05, 0.1) is 10.9 Å². The number of amides is 1. The minimum atomic E-state index is -0.0981. The van der Waals surface area contributed by atoms with E-state index in [9.17, 15) is 9.59 Å². The molecule has 1 aliphatic heterocycles. The van der Waals surface area contributed by atoms with E-state index in [-0.39, 0.29) is 17.4 Å². The van der Waals surface area contributed by atoms with Crippen molar-refractivity contribution in [3.8, 4) is 0 Å². The van der Waals surface area contributed by atoms with Crippen molar-refractivity contribution in [2.75, 3.05) is 25.0 Å². The lowest BCUT2D eigenvalue weighted by atomic mass is 9.96. The first-order valence-electron chi connectivity index (χ1n) is 9.53. The number of rotatable bonds is 5. The molecule has 1 fully saturated rings. The molecule has 0 radical (unpaired) electrons. The largest absolute Gasteiger partial charge is 0.360 e. The Kier molecular flexibility index (Phi) is 5.21. The summed E-state index contributed by atoms with van der Waals surface area (Å²) in [5, 5.41) is 7.23. The average molecular weight is 381 g/mol. The number of H-pyrrole nitrogens is 1. The summed E-state index contributed by atoms with van der Waals surface area (Å²) < 4.78 is 4.97. The molecule has 1 aliphatic rings. The molecule has 0 saturated carbocycles. The number of hydrogen-bond donors (Lipinski definition) is 2. The molecule has 0 bridgehead atoms. The number of hydrogen-bond acceptors (Lipinski definition) is 6. The van der Waals surface area contributed by atoms with Crippen molar-refractivity contribution >= 4 is 22.6 Å². The van der Waals surface area contributed by atoms with E-state index in [4.69, 9.17) is 4.52 Å². The minimum absolute atomic E-state index is 0.00604. The first-order chi connectivity index (χ1) is 13.6. The number of aryl methyl sites for hydroxylation is 1. The number of likely N-dealkylation sites (tertiary alicyclic amines) is 1. The summed E-state index contributed by atoms with van der Waals surface area (Å²) in [6.45, 7) is 4.28. The summed E-state index contributed by atoms with van der Waals surface area (Å²) in [7, 11) is 0. The summed E-state index contributed by atoms with van der Waals surface area (Å²) in [6.07, 6.45) is 2.27. The molecule has 1 saturated heterocycles. The number of anilines is 1. The Bertz CT molecular complexity index is 1030. The Balaban J connectivity index is 1.29.